The van der Waals surface area contributed by atoms with Crippen LogP contribution in [0.15, 0.2) is 12.1 Å². The third-order valence-corrected chi connectivity index (χ3v) is 4.08. The molecule has 1 atom stereocenters. The Morgan fingerprint density at radius 3 is 2.69 bits per heavy atom. The molecule has 0 radical (unpaired) electrons. The fourth-order valence-corrected chi connectivity index (χ4v) is 2.89. The van der Waals surface area contributed by atoms with E-state index < -0.39 is 0 Å². The fourth-order valence-electron chi connectivity index (χ4n) is 1.60. The monoisotopic (exact) mass is 216 g/mol. The summed E-state index contributed by atoms with van der Waals surface area (Å²) >= 11 is 7.49. The molecule has 0 aromatic carbocycles. The lowest BCUT2D eigenvalue weighted by Gasteiger charge is -2.20. The number of hydrogen-bond acceptors (Lipinski definition) is 3. The van der Waals surface area contributed by atoms with Crippen LogP contribution in [0.3, 0.4) is 0 Å². The third-order valence-electron chi connectivity index (χ3n) is 2.78. The summed E-state index contributed by atoms with van der Waals surface area (Å²) in [5.74, 6) is 5.55. The molecular formula is C9H13ClN2S. The first-order chi connectivity index (χ1) is 6.15. The minimum atomic E-state index is 0.269. The SMILES string of the molecule is CC1(C(NN)c2ccc(Cl)s2)CC1. The Balaban J connectivity index is 2.22. The van der Waals surface area contributed by atoms with Crippen LogP contribution in [0.4, 0.5) is 0 Å². The molecule has 0 bridgehead atoms. The van der Waals surface area contributed by atoms with Crippen LogP contribution in [0.2, 0.25) is 4.34 Å². The summed E-state index contributed by atoms with van der Waals surface area (Å²) in [5.41, 5.74) is 3.24. The van der Waals surface area contributed by atoms with Gasteiger partial charge in [0.25, 0.3) is 0 Å². The van der Waals surface area contributed by atoms with Gasteiger partial charge in [0.1, 0.15) is 0 Å². The molecule has 1 heterocycles. The molecule has 13 heavy (non-hydrogen) atoms. The number of hydrazine groups is 1. The van der Waals surface area contributed by atoms with Crippen molar-refractivity contribution in [3.63, 3.8) is 0 Å². The van der Waals surface area contributed by atoms with Gasteiger partial charge in [-0.2, -0.15) is 0 Å². The number of rotatable bonds is 3. The van der Waals surface area contributed by atoms with Crippen LogP contribution in [0.25, 0.3) is 0 Å². The Kier molecular flexibility index (Phi) is 2.36. The molecular weight excluding hydrogens is 204 g/mol. The highest BCUT2D eigenvalue weighted by atomic mass is 35.5. The van der Waals surface area contributed by atoms with Crippen molar-refractivity contribution in [1.82, 2.24) is 5.43 Å². The predicted molar refractivity (Wildman–Crippen MR) is 56.7 cm³/mol. The highest BCUT2D eigenvalue weighted by molar-refractivity contribution is 7.16. The number of hydrogen-bond donors (Lipinski definition) is 2. The van der Waals surface area contributed by atoms with Gasteiger partial charge in [-0.15, -0.1) is 11.3 Å². The smallest absolute Gasteiger partial charge is 0.0931 e. The maximum atomic E-state index is 5.88. The van der Waals surface area contributed by atoms with Crippen LogP contribution in [0.5, 0.6) is 0 Å². The maximum absolute atomic E-state index is 5.88. The molecule has 1 aliphatic carbocycles. The van der Waals surface area contributed by atoms with Gasteiger partial charge < -0.3 is 0 Å². The lowest BCUT2D eigenvalue weighted by molar-refractivity contribution is 0.378. The van der Waals surface area contributed by atoms with Crippen molar-refractivity contribution in [2.75, 3.05) is 0 Å². The Bertz CT molecular complexity index is 306. The van der Waals surface area contributed by atoms with Crippen LogP contribution in [0.1, 0.15) is 30.7 Å². The van der Waals surface area contributed by atoms with Crippen LogP contribution >= 0.6 is 22.9 Å². The van der Waals surface area contributed by atoms with Crippen molar-refractivity contribution < 1.29 is 0 Å². The summed E-state index contributed by atoms with van der Waals surface area (Å²) in [5, 5.41) is 0. The molecule has 1 saturated carbocycles. The summed E-state index contributed by atoms with van der Waals surface area (Å²) in [6.07, 6.45) is 2.49. The molecule has 1 aliphatic rings. The van der Waals surface area contributed by atoms with E-state index in [2.05, 4.69) is 18.4 Å². The Morgan fingerprint density at radius 2 is 2.31 bits per heavy atom. The van der Waals surface area contributed by atoms with Crippen LogP contribution in [-0.2, 0) is 0 Å². The van der Waals surface area contributed by atoms with Gasteiger partial charge in [0, 0.05) is 4.88 Å². The van der Waals surface area contributed by atoms with Gasteiger partial charge in [-0.3, -0.25) is 11.3 Å². The lowest BCUT2D eigenvalue weighted by atomic mass is 9.98. The van der Waals surface area contributed by atoms with Crippen molar-refractivity contribution in [2.45, 2.75) is 25.8 Å². The number of nitrogens with two attached hydrogens (primary N) is 1. The van der Waals surface area contributed by atoms with Crippen molar-refractivity contribution in [2.24, 2.45) is 11.3 Å². The third kappa shape index (κ3) is 1.74. The molecule has 1 aromatic heterocycles. The molecule has 1 unspecified atom stereocenters. The van der Waals surface area contributed by atoms with Crippen LogP contribution in [-0.4, -0.2) is 0 Å². The van der Waals surface area contributed by atoms with E-state index in [1.165, 1.54) is 17.7 Å². The molecule has 4 heteroatoms. The Hall–Kier alpha value is -0.0900. The van der Waals surface area contributed by atoms with E-state index in [1.54, 1.807) is 11.3 Å². The highest BCUT2D eigenvalue weighted by Crippen LogP contribution is 2.55. The molecule has 3 N–H and O–H groups in total. The van der Waals surface area contributed by atoms with Gasteiger partial charge in [0.2, 0.25) is 0 Å². The van der Waals surface area contributed by atoms with E-state index in [4.69, 9.17) is 17.4 Å². The normalized spacial score (nSPS) is 21.5. The Labute approximate surface area is 87.1 Å². The molecule has 0 saturated heterocycles. The summed E-state index contributed by atoms with van der Waals surface area (Å²) in [4.78, 5) is 1.24. The zero-order chi connectivity index (χ0) is 9.47. The molecule has 1 fully saturated rings. The zero-order valence-electron chi connectivity index (χ0n) is 7.51. The molecule has 2 rings (SSSR count). The molecule has 0 aliphatic heterocycles. The lowest BCUT2D eigenvalue weighted by Crippen LogP contribution is -2.32. The average molecular weight is 217 g/mol. The molecule has 0 spiro atoms. The van der Waals surface area contributed by atoms with Gasteiger partial charge in [-0.1, -0.05) is 18.5 Å². The van der Waals surface area contributed by atoms with Crippen molar-refractivity contribution >= 4 is 22.9 Å². The fraction of sp³-hybridized carbons (Fsp3) is 0.556. The first-order valence-electron chi connectivity index (χ1n) is 4.37. The van der Waals surface area contributed by atoms with E-state index in [0.29, 0.717) is 5.41 Å². The zero-order valence-corrected chi connectivity index (χ0v) is 9.08. The second-order valence-electron chi connectivity index (χ2n) is 3.90. The molecule has 72 valence electrons. The summed E-state index contributed by atoms with van der Waals surface area (Å²) in [7, 11) is 0. The van der Waals surface area contributed by atoms with E-state index in [0.717, 1.165) is 4.34 Å². The number of thiophene rings is 1. The Morgan fingerprint density at radius 1 is 1.62 bits per heavy atom. The van der Waals surface area contributed by atoms with Crippen molar-refractivity contribution in [3.05, 3.63) is 21.3 Å². The summed E-state index contributed by atoms with van der Waals surface area (Å²) in [6.45, 7) is 2.26. The highest BCUT2D eigenvalue weighted by Gasteiger charge is 2.45. The van der Waals surface area contributed by atoms with E-state index in [-0.39, 0.29) is 6.04 Å². The number of halogens is 1. The van der Waals surface area contributed by atoms with Gasteiger partial charge in [0.15, 0.2) is 0 Å². The van der Waals surface area contributed by atoms with E-state index in [1.807, 2.05) is 6.07 Å². The van der Waals surface area contributed by atoms with Gasteiger partial charge in [-0.05, 0) is 30.4 Å². The predicted octanol–water partition coefficient (Wildman–Crippen LogP) is 2.71. The summed E-state index contributed by atoms with van der Waals surface area (Å²) < 4.78 is 0.833. The van der Waals surface area contributed by atoms with E-state index in [9.17, 15) is 0 Å². The van der Waals surface area contributed by atoms with E-state index >= 15 is 0 Å². The van der Waals surface area contributed by atoms with Crippen LogP contribution in [0, 0.1) is 5.41 Å². The van der Waals surface area contributed by atoms with Crippen molar-refractivity contribution in [1.29, 1.82) is 0 Å². The largest absolute Gasteiger partial charge is 0.271 e. The van der Waals surface area contributed by atoms with Crippen LogP contribution < -0.4 is 11.3 Å². The summed E-state index contributed by atoms with van der Waals surface area (Å²) in [6, 6.07) is 4.25. The van der Waals surface area contributed by atoms with Crippen molar-refractivity contribution in [3.8, 4) is 0 Å². The molecule has 1 aromatic rings. The second kappa shape index (κ2) is 3.24. The first kappa shape index (κ1) is 9.46. The quantitative estimate of drug-likeness (QED) is 0.602. The minimum absolute atomic E-state index is 0.269. The standard InChI is InChI=1S/C9H13ClN2S/c1-9(4-5-9)8(12-11)6-2-3-7(10)13-6/h2-3,8,12H,4-5,11H2,1H3. The minimum Gasteiger partial charge on any atom is -0.271 e. The van der Waals surface area contributed by atoms with Gasteiger partial charge in [0.05, 0.1) is 10.4 Å². The van der Waals surface area contributed by atoms with Gasteiger partial charge in [-0.25, -0.2) is 0 Å². The second-order valence-corrected chi connectivity index (χ2v) is 5.64. The maximum Gasteiger partial charge on any atom is 0.0931 e. The average Bonchev–Trinajstić information content (AvgIpc) is 2.67. The molecule has 2 nitrogen and oxygen atoms in total. The van der Waals surface area contributed by atoms with Gasteiger partial charge >= 0.3 is 0 Å². The topological polar surface area (TPSA) is 38.0 Å². The molecule has 0 amide bonds. The number of nitrogens with one attached hydrogen (secondary N) is 1. The first-order valence-corrected chi connectivity index (χ1v) is 5.56.